The number of Topliss-reactive ketones (excluding diaryl/α,β-unsaturated/α-hetero) is 1. The first-order valence-corrected chi connectivity index (χ1v) is 11.5. The van der Waals surface area contributed by atoms with Crippen LogP contribution in [-0.4, -0.2) is 26.8 Å². The van der Waals surface area contributed by atoms with E-state index >= 15 is 4.39 Å². The van der Waals surface area contributed by atoms with E-state index in [0.717, 1.165) is 12.8 Å². The Morgan fingerprint density at radius 3 is 2.65 bits per heavy atom. The standard InChI is InChI=1S/C25H26ClFN4O3/c1-13(11-18(32)23-30-24(31-34-23)25(2,3)4)16-7-8-17(21(27)20(16)26)15-9-10-28-19(12-15)29-22(33)14-5-6-14/h7-10,12-14H,5-6,11H2,1-4H3,(H,28,29,33)/t13-/m0/s1. The lowest BCUT2D eigenvalue weighted by molar-refractivity contribution is -0.117. The molecule has 9 heteroatoms. The largest absolute Gasteiger partial charge is 0.331 e. The van der Waals surface area contributed by atoms with E-state index in [4.69, 9.17) is 16.1 Å². The Morgan fingerprint density at radius 1 is 1.26 bits per heavy atom. The summed E-state index contributed by atoms with van der Waals surface area (Å²) in [5, 5.41) is 6.59. The van der Waals surface area contributed by atoms with Crippen molar-refractivity contribution in [2.75, 3.05) is 5.32 Å². The first-order chi connectivity index (χ1) is 16.0. The Labute approximate surface area is 202 Å². The fourth-order valence-corrected chi connectivity index (χ4v) is 3.88. The molecule has 3 aromatic rings. The van der Waals surface area contributed by atoms with Crippen LogP contribution in [0.1, 0.15) is 74.9 Å². The van der Waals surface area contributed by atoms with E-state index in [0.29, 0.717) is 22.8 Å². The lowest BCUT2D eigenvalue weighted by Gasteiger charge is -2.15. The van der Waals surface area contributed by atoms with Crippen molar-refractivity contribution in [3.63, 3.8) is 0 Å². The molecular weight excluding hydrogens is 459 g/mol. The molecular formula is C25H26ClFN4O3. The minimum absolute atomic E-state index is 0.0346. The molecule has 0 aliphatic heterocycles. The van der Waals surface area contributed by atoms with Gasteiger partial charge in [0.15, 0.2) is 5.82 Å². The number of aromatic nitrogens is 3. The number of carbonyl (C=O) groups excluding carboxylic acids is 2. The first kappa shape index (κ1) is 24.0. The predicted molar refractivity (Wildman–Crippen MR) is 126 cm³/mol. The monoisotopic (exact) mass is 484 g/mol. The number of rotatable bonds is 7. The van der Waals surface area contributed by atoms with Gasteiger partial charge in [0.1, 0.15) is 11.6 Å². The van der Waals surface area contributed by atoms with Gasteiger partial charge in [0, 0.05) is 29.5 Å². The zero-order valence-electron chi connectivity index (χ0n) is 19.5. The van der Waals surface area contributed by atoms with Crippen molar-refractivity contribution in [3.8, 4) is 11.1 Å². The normalized spacial score (nSPS) is 14.6. The van der Waals surface area contributed by atoms with Crippen LogP contribution >= 0.6 is 11.6 Å². The van der Waals surface area contributed by atoms with Crippen LogP contribution in [0.5, 0.6) is 0 Å². The summed E-state index contributed by atoms with van der Waals surface area (Å²) in [7, 11) is 0. The van der Waals surface area contributed by atoms with Gasteiger partial charge < -0.3 is 9.84 Å². The molecule has 2 heterocycles. The van der Waals surface area contributed by atoms with Crippen molar-refractivity contribution in [2.45, 2.75) is 58.3 Å². The number of benzene rings is 1. The minimum Gasteiger partial charge on any atom is -0.331 e. The summed E-state index contributed by atoms with van der Waals surface area (Å²) in [6, 6.07) is 6.58. The number of carbonyl (C=O) groups is 2. The molecule has 7 nitrogen and oxygen atoms in total. The Morgan fingerprint density at radius 2 is 2.00 bits per heavy atom. The maximum atomic E-state index is 15.3. The summed E-state index contributed by atoms with van der Waals surface area (Å²) in [6.07, 6.45) is 3.30. The van der Waals surface area contributed by atoms with Gasteiger partial charge in [0.2, 0.25) is 11.7 Å². The predicted octanol–water partition coefficient (Wildman–Crippen LogP) is 5.95. The lowest BCUT2D eigenvalue weighted by Crippen LogP contribution is -2.14. The number of amides is 1. The highest BCUT2D eigenvalue weighted by Gasteiger charge is 2.30. The molecule has 0 saturated heterocycles. The maximum Gasteiger partial charge on any atom is 0.294 e. The minimum atomic E-state index is -0.600. The van der Waals surface area contributed by atoms with Crippen LogP contribution in [0.25, 0.3) is 11.1 Å². The summed E-state index contributed by atoms with van der Waals surface area (Å²) < 4.78 is 20.4. The second-order valence-electron chi connectivity index (χ2n) is 9.73. The van der Waals surface area contributed by atoms with Gasteiger partial charge in [-0.2, -0.15) is 4.98 Å². The SMILES string of the molecule is C[C@@H](CC(=O)c1nc(C(C)(C)C)no1)c1ccc(-c2ccnc(NC(=O)C3CC3)c2)c(F)c1Cl. The summed E-state index contributed by atoms with van der Waals surface area (Å²) in [5.74, 6) is -0.607. The molecule has 1 N–H and O–H groups in total. The summed E-state index contributed by atoms with van der Waals surface area (Å²) in [4.78, 5) is 33.0. The van der Waals surface area contributed by atoms with E-state index in [1.54, 1.807) is 31.2 Å². The van der Waals surface area contributed by atoms with Crippen LogP contribution < -0.4 is 5.32 Å². The lowest BCUT2D eigenvalue weighted by atomic mass is 9.93. The number of anilines is 1. The molecule has 4 rings (SSSR count). The molecule has 0 radical (unpaired) electrons. The molecule has 1 aliphatic rings. The average Bonchev–Trinajstić information content (AvgIpc) is 3.50. The Bertz CT molecular complexity index is 1250. The molecule has 1 aromatic carbocycles. The van der Waals surface area contributed by atoms with Crippen LogP contribution in [0.3, 0.4) is 0 Å². The van der Waals surface area contributed by atoms with Crippen LogP contribution in [0.15, 0.2) is 35.0 Å². The van der Waals surface area contributed by atoms with Gasteiger partial charge >= 0.3 is 0 Å². The van der Waals surface area contributed by atoms with Gasteiger partial charge in [-0.15, -0.1) is 0 Å². The topological polar surface area (TPSA) is 98.0 Å². The van der Waals surface area contributed by atoms with Gasteiger partial charge in [-0.1, -0.05) is 56.6 Å². The maximum absolute atomic E-state index is 15.3. The van der Waals surface area contributed by atoms with Gasteiger partial charge in [-0.3, -0.25) is 9.59 Å². The summed E-state index contributed by atoms with van der Waals surface area (Å²) in [5.41, 5.74) is 0.978. The van der Waals surface area contributed by atoms with Gasteiger partial charge in [0.25, 0.3) is 5.89 Å². The van der Waals surface area contributed by atoms with Crippen LogP contribution in [0.4, 0.5) is 10.2 Å². The van der Waals surface area contributed by atoms with Crippen LogP contribution in [0.2, 0.25) is 5.02 Å². The molecule has 1 atom stereocenters. The van der Waals surface area contributed by atoms with Crippen molar-refractivity contribution in [1.29, 1.82) is 0 Å². The zero-order chi connectivity index (χ0) is 24.6. The number of halogens is 2. The Hall–Kier alpha value is -3.13. The molecule has 1 fully saturated rings. The second-order valence-corrected chi connectivity index (χ2v) is 10.1. The van der Waals surface area contributed by atoms with Gasteiger partial charge in [-0.25, -0.2) is 9.37 Å². The highest BCUT2D eigenvalue weighted by atomic mass is 35.5. The van der Waals surface area contributed by atoms with Crippen molar-refractivity contribution < 1.29 is 18.5 Å². The smallest absolute Gasteiger partial charge is 0.294 e. The van der Waals surface area contributed by atoms with Crippen molar-refractivity contribution in [1.82, 2.24) is 15.1 Å². The molecule has 34 heavy (non-hydrogen) atoms. The van der Waals surface area contributed by atoms with E-state index in [1.165, 1.54) is 6.20 Å². The van der Waals surface area contributed by atoms with Gasteiger partial charge in [0.05, 0.1) is 5.02 Å². The third kappa shape index (κ3) is 5.17. The third-order valence-electron chi connectivity index (χ3n) is 5.74. The van der Waals surface area contributed by atoms with Crippen molar-refractivity contribution in [2.24, 2.45) is 5.92 Å². The van der Waals surface area contributed by atoms with E-state index in [9.17, 15) is 9.59 Å². The highest BCUT2D eigenvalue weighted by Crippen LogP contribution is 2.36. The molecule has 0 unspecified atom stereocenters. The number of nitrogens with one attached hydrogen (secondary N) is 1. The van der Waals surface area contributed by atoms with E-state index in [1.807, 2.05) is 20.8 Å². The Balaban J connectivity index is 1.51. The average molecular weight is 485 g/mol. The number of nitrogens with zero attached hydrogens (tertiary/aromatic N) is 3. The van der Waals surface area contributed by atoms with Crippen molar-refractivity contribution >= 4 is 29.1 Å². The van der Waals surface area contributed by atoms with E-state index in [2.05, 4.69) is 20.4 Å². The number of ketones is 1. The van der Waals surface area contributed by atoms with E-state index in [-0.39, 0.29) is 51.8 Å². The third-order valence-corrected chi connectivity index (χ3v) is 6.12. The number of hydrogen-bond donors (Lipinski definition) is 1. The van der Waals surface area contributed by atoms with E-state index < -0.39 is 5.82 Å². The molecule has 1 saturated carbocycles. The van der Waals surface area contributed by atoms with Crippen molar-refractivity contribution in [3.05, 3.63) is 58.6 Å². The summed E-state index contributed by atoms with van der Waals surface area (Å²) >= 11 is 6.39. The first-order valence-electron chi connectivity index (χ1n) is 11.2. The Kier molecular flexibility index (Phi) is 6.53. The highest BCUT2D eigenvalue weighted by molar-refractivity contribution is 6.32. The van der Waals surface area contributed by atoms with Gasteiger partial charge in [-0.05, 0) is 42.0 Å². The molecule has 178 valence electrons. The molecule has 1 amide bonds. The van der Waals surface area contributed by atoms with Crippen LogP contribution in [0, 0.1) is 11.7 Å². The molecule has 0 spiro atoms. The molecule has 0 bridgehead atoms. The fraction of sp³-hybridized carbons (Fsp3) is 0.400. The number of pyridine rings is 1. The summed E-state index contributed by atoms with van der Waals surface area (Å²) in [6.45, 7) is 7.56. The molecule has 2 aromatic heterocycles. The zero-order valence-corrected chi connectivity index (χ0v) is 20.2. The van der Waals surface area contributed by atoms with Crippen LogP contribution in [-0.2, 0) is 10.2 Å². The molecule has 1 aliphatic carbocycles. The quantitative estimate of drug-likeness (QED) is 0.416. The number of hydrogen-bond acceptors (Lipinski definition) is 6. The fourth-order valence-electron chi connectivity index (χ4n) is 3.52. The second kappa shape index (κ2) is 9.25.